The molecule has 0 bridgehead atoms. The summed E-state index contributed by atoms with van der Waals surface area (Å²) in [5, 5.41) is 3.49. The van der Waals surface area contributed by atoms with Crippen LogP contribution in [0.1, 0.15) is 45.6 Å². The van der Waals surface area contributed by atoms with Gasteiger partial charge in [0.25, 0.3) is 0 Å². The van der Waals surface area contributed by atoms with Gasteiger partial charge in [0.1, 0.15) is 11.9 Å². The summed E-state index contributed by atoms with van der Waals surface area (Å²) in [7, 11) is 0. The number of ether oxygens (including phenoxy) is 1. The Labute approximate surface area is 116 Å². The van der Waals surface area contributed by atoms with Crippen molar-refractivity contribution in [1.29, 1.82) is 0 Å². The van der Waals surface area contributed by atoms with Crippen LogP contribution in [0.5, 0.6) is 5.75 Å². The maximum atomic E-state index is 5.95. The highest BCUT2D eigenvalue weighted by Crippen LogP contribution is 2.19. The molecule has 2 heteroatoms. The third kappa shape index (κ3) is 5.07. The summed E-state index contributed by atoms with van der Waals surface area (Å²) in [6, 6.07) is 8.42. The Morgan fingerprint density at radius 3 is 2.53 bits per heavy atom. The molecule has 0 fully saturated rings. The fourth-order valence-electron chi connectivity index (χ4n) is 2.11. The fourth-order valence-corrected chi connectivity index (χ4v) is 2.11. The Kier molecular flexibility index (Phi) is 4.65. The van der Waals surface area contributed by atoms with Crippen molar-refractivity contribution in [2.75, 3.05) is 0 Å². The highest BCUT2D eigenvalue weighted by Gasteiger charge is 2.10. The number of benzene rings is 1. The van der Waals surface area contributed by atoms with E-state index in [1.165, 1.54) is 18.4 Å². The van der Waals surface area contributed by atoms with Gasteiger partial charge >= 0.3 is 0 Å². The zero-order chi connectivity index (χ0) is 13.7. The molecule has 0 radical (unpaired) electrons. The van der Waals surface area contributed by atoms with E-state index in [9.17, 15) is 0 Å². The van der Waals surface area contributed by atoms with Crippen LogP contribution in [0.4, 0.5) is 0 Å². The molecule has 1 atom stereocenters. The van der Waals surface area contributed by atoms with Crippen LogP contribution in [0.3, 0.4) is 0 Å². The summed E-state index contributed by atoms with van der Waals surface area (Å²) in [5.74, 6) is 0.969. The van der Waals surface area contributed by atoms with Gasteiger partial charge in [0.2, 0.25) is 0 Å². The quantitative estimate of drug-likeness (QED) is 0.823. The first-order valence-electron chi connectivity index (χ1n) is 7.20. The first-order valence-corrected chi connectivity index (χ1v) is 7.20. The molecule has 0 amide bonds. The highest BCUT2D eigenvalue weighted by atomic mass is 16.5. The van der Waals surface area contributed by atoms with Crippen molar-refractivity contribution < 1.29 is 4.74 Å². The van der Waals surface area contributed by atoms with Crippen LogP contribution in [0.2, 0.25) is 0 Å². The Balaban J connectivity index is 1.87. The number of hydrogen-bond donors (Lipinski definition) is 1. The van der Waals surface area contributed by atoms with E-state index >= 15 is 0 Å². The molecule has 0 aliphatic heterocycles. The van der Waals surface area contributed by atoms with Crippen molar-refractivity contribution in [3.63, 3.8) is 0 Å². The molecule has 2 nitrogen and oxygen atoms in total. The van der Waals surface area contributed by atoms with Gasteiger partial charge in [-0.25, -0.2) is 0 Å². The van der Waals surface area contributed by atoms with Crippen LogP contribution in [0.15, 0.2) is 36.4 Å². The van der Waals surface area contributed by atoms with E-state index in [1.54, 1.807) is 0 Å². The minimum atomic E-state index is 0.155. The molecule has 104 valence electrons. The summed E-state index contributed by atoms with van der Waals surface area (Å²) in [6.45, 7) is 7.44. The first kappa shape index (κ1) is 14.1. The lowest BCUT2D eigenvalue weighted by atomic mass is 10.1. The molecule has 1 unspecified atom stereocenters. The van der Waals surface area contributed by atoms with Crippen molar-refractivity contribution in [1.82, 2.24) is 5.32 Å². The van der Waals surface area contributed by atoms with E-state index in [4.69, 9.17) is 4.74 Å². The van der Waals surface area contributed by atoms with Gasteiger partial charge in [-0.2, -0.15) is 0 Å². The minimum absolute atomic E-state index is 0.155. The van der Waals surface area contributed by atoms with Crippen molar-refractivity contribution >= 4 is 0 Å². The van der Waals surface area contributed by atoms with E-state index in [0.717, 1.165) is 18.7 Å². The summed E-state index contributed by atoms with van der Waals surface area (Å²) >= 11 is 0. The average molecular weight is 259 g/mol. The number of nitrogens with one attached hydrogen (secondary N) is 1. The van der Waals surface area contributed by atoms with Gasteiger partial charge in [-0.15, -0.1) is 0 Å². The third-order valence-electron chi connectivity index (χ3n) is 3.24. The predicted molar refractivity (Wildman–Crippen MR) is 80.4 cm³/mol. The Bertz CT molecular complexity index is 414. The van der Waals surface area contributed by atoms with Crippen molar-refractivity contribution in [2.24, 2.45) is 0 Å². The van der Waals surface area contributed by atoms with E-state index in [2.05, 4.69) is 62.5 Å². The zero-order valence-corrected chi connectivity index (χ0v) is 12.3. The van der Waals surface area contributed by atoms with Gasteiger partial charge in [-0.05, 0) is 63.8 Å². The van der Waals surface area contributed by atoms with Gasteiger partial charge in [-0.3, -0.25) is 0 Å². The molecule has 1 N–H and O–H groups in total. The molecule has 0 saturated carbocycles. The van der Waals surface area contributed by atoms with Crippen LogP contribution in [-0.2, 0) is 6.54 Å². The maximum Gasteiger partial charge on any atom is 0.120 e. The average Bonchev–Trinajstić information content (AvgIpc) is 2.38. The van der Waals surface area contributed by atoms with E-state index in [1.807, 2.05) is 0 Å². The smallest absolute Gasteiger partial charge is 0.120 e. The van der Waals surface area contributed by atoms with Crippen LogP contribution in [-0.4, -0.2) is 11.6 Å². The fraction of sp³-hybridized carbons (Fsp3) is 0.529. The molecule has 1 aromatic rings. The van der Waals surface area contributed by atoms with Gasteiger partial charge in [0, 0.05) is 12.1 Å². The van der Waals surface area contributed by atoms with Crippen molar-refractivity contribution in [3.8, 4) is 5.75 Å². The van der Waals surface area contributed by atoms with Gasteiger partial charge < -0.3 is 10.1 Å². The molecule has 2 rings (SSSR count). The second-order valence-corrected chi connectivity index (χ2v) is 6.26. The maximum absolute atomic E-state index is 5.95. The van der Waals surface area contributed by atoms with E-state index in [0.29, 0.717) is 0 Å². The molecule has 0 spiro atoms. The lowest BCUT2D eigenvalue weighted by molar-refractivity contribution is 0.230. The van der Waals surface area contributed by atoms with E-state index < -0.39 is 0 Å². The molecule has 19 heavy (non-hydrogen) atoms. The highest BCUT2D eigenvalue weighted by molar-refractivity contribution is 5.28. The van der Waals surface area contributed by atoms with Crippen molar-refractivity contribution in [2.45, 2.75) is 58.2 Å². The lowest BCUT2D eigenvalue weighted by Crippen LogP contribution is -2.35. The molecule has 1 aliphatic rings. The summed E-state index contributed by atoms with van der Waals surface area (Å²) in [4.78, 5) is 0. The zero-order valence-electron chi connectivity index (χ0n) is 12.3. The Morgan fingerprint density at radius 2 is 1.95 bits per heavy atom. The molecule has 0 aromatic heterocycles. The summed E-state index contributed by atoms with van der Waals surface area (Å²) in [6.07, 6.45) is 8.21. The molecule has 0 heterocycles. The number of hydrogen-bond acceptors (Lipinski definition) is 2. The normalized spacial score (nSPS) is 19.4. The standard InChI is InChI=1S/C17H25NO/c1-17(2,3)18-13-14-9-11-16(12-10-14)19-15-7-5-4-6-8-15/h5,7,9-12,15,18H,4,6,8,13H2,1-3H3. The van der Waals surface area contributed by atoms with Crippen LogP contribution >= 0.6 is 0 Å². The number of rotatable bonds is 4. The van der Waals surface area contributed by atoms with Crippen LogP contribution in [0, 0.1) is 0 Å². The predicted octanol–water partition coefficient (Wildman–Crippen LogP) is 4.06. The second kappa shape index (κ2) is 6.25. The third-order valence-corrected chi connectivity index (χ3v) is 3.24. The Morgan fingerprint density at radius 1 is 1.21 bits per heavy atom. The summed E-state index contributed by atoms with van der Waals surface area (Å²) in [5.41, 5.74) is 1.45. The van der Waals surface area contributed by atoms with Crippen LogP contribution < -0.4 is 10.1 Å². The van der Waals surface area contributed by atoms with Gasteiger partial charge in [0.15, 0.2) is 0 Å². The van der Waals surface area contributed by atoms with E-state index in [-0.39, 0.29) is 11.6 Å². The minimum Gasteiger partial charge on any atom is -0.486 e. The van der Waals surface area contributed by atoms with Crippen molar-refractivity contribution in [3.05, 3.63) is 42.0 Å². The first-order chi connectivity index (χ1) is 9.03. The van der Waals surface area contributed by atoms with Gasteiger partial charge in [0.05, 0.1) is 0 Å². The monoisotopic (exact) mass is 259 g/mol. The molecule has 1 aromatic carbocycles. The van der Waals surface area contributed by atoms with Gasteiger partial charge in [-0.1, -0.05) is 18.2 Å². The summed E-state index contributed by atoms with van der Waals surface area (Å²) < 4.78 is 5.95. The molecule has 0 saturated heterocycles. The number of allylic oxidation sites excluding steroid dienone is 1. The molecule has 1 aliphatic carbocycles. The molecular formula is C17H25NO. The SMILES string of the molecule is CC(C)(C)NCc1ccc(OC2C=CCCC2)cc1. The molecular weight excluding hydrogens is 234 g/mol. The second-order valence-electron chi connectivity index (χ2n) is 6.26. The lowest BCUT2D eigenvalue weighted by Gasteiger charge is -2.21. The largest absolute Gasteiger partial charge is 0.486 e. The Hall–Kier alpha value is -1.28. The van der Waals surface area contributed by atoms with Crippen LogP contribution in [0.25, 0.3) is 0 Å². The topological polar surface area (TPSA) is 21.3 Å².